The highest BCUT2D eigenvalue weighted by atomic mass is 16.3. The lowest BCUT2D eigenvalue weighted by atomic mass is 10.0. The molecule has 4 heteroatoms. The van der Waals surface area contributed by atoms with Gasteiger partial charge in [-0.1, -0.05) is 23.6 Å². The van der Waals surface area contributed by atoms with Gasteiger partial charge in [0.25, 0.3) is 0 Å². The van der Waals surface area contributed by atoms with Gasteiger partial charge in [0.15, 0.2) is 5.75 Å². The van der Waals surface area contributed by atoms with Crippen molar-refractivity contribution < 1.29 is 5.11 Å². The number of phenolic OH excluding ortho intramolecular Hbond substituents is 1. The maximum atomic E-state index is 10.8. The van der Waals surface area contributed by atoms with Gasteiger partial charge in [-0.25, -0.2) is 0 Å². The van der Waals surface area contributed by atoms with Crippen molar-refractivity contribution in [3.8, 4) is 11.4 Å². The number of fused-ring (bicyclic) bond motifs is 1. The lowest BCUT2D eigenvalue weighted by Crippen LogP contribution is -2.01. The molecule has 1 N–H and O–H groups in total. The fourth-order valence-corrected chi connectivity index (χ4v) is 2.50. The van der Waals surface area contributed by atoms with E-state index in [9.17, 15) is 5.11 Å². The molecule has 1 aromatic heterocycles. The van der Waals surface area contributed by atoms with E-state index in [0.29, 0.717) is 16.8 Å². The van der Waals surface area contributed by atoms with Crippen molar-refractivity contribution in [2.75, 3.05) is 0 Å². The number of allylic oxidation sites excluding steroid dienone is 1. The van der Waals surface area contributed by atoms with E-state index in [0.717, 1.165) is 16.6 Å². The third kappa shape index (κ3) is 3.92. The summed E-state index contributed by atoms with van der Waals surface area (Å²) in [6.45, 7) is 7.13. The largest absolute Gasteiger partial charge is 0.505 e. The van der Waals surface area contributed by atoms with E-state index in [1.165, 1.54) is 4.80 Å². The van der Waals surface area contributed by atoms with Crippen molar-refractivity contribution >= 4 is 16.6 Å². The maximum Gasteiger partial charge on any atom is 0.151 e. The number of phenols is 1. The zero-order valence-electron chi connectivity index (χ0n) is 15.0. The van der Waals surface area contributed by atoms with Gasteiger partial charge in [0.1, 0.15) is 16.7 Å². The molecule has 0 unspecified atom stereocenters. The summed E-state index contributed by atoms with van der Waals surface area (Å²) in [4.78, 5) is 1.44. The molecule has 2 aromatic carbocycles. The number of nitrogens with zero attached hydrogens (tertiary/aromatic N) is 3. The van der Waals surface area contributed by atoms with Crippen LogP contribution in [0.25, 0.3) is 22.3 Å². The van der Waals surface area contributed by atoms with Gasteiger partial charge in [-0.2, -0.15) is 0 Å². The summed E-state index contributed by atoms with van der Waals surface area (Å²) in [7, 11) is 0. The predicted octanol–water partition coefficient (Wildman–Crippen LogP) is 4.55. The fourth-order valence-electron chi connectivity index (χ4n) is 2.50. The second kappa shape index (κ2) is 7.81. The SMILES string of the molecule is C=C=C=C=C=C=C=C=C(C)c1cc(C)cc(-n2nc3ccccc3n2)c1O. The van der Waals surface area contributed by atoms with Crippen LogP contribution < -0.4 is 0 Å². The van der Waals surface area contributed by atoms with Gasteiger partial charge in [-0.05, 0) is 78.9 Å². The van der Waals surface area contributed by atoms with Crippen LogP contribution in [0.2, 0.25) is 0 Å². The number of hydrogen-bond donors (Lipinski definition) is 1. The molecule has 3 rings (SSSR count). The smallest absolute Gasteiger partial charge is 0.151 e. The first-order valence-corrected chi connectivity index (χ1v) is 8.13. The predicted molar refractivity (Wildman–Crippen MR) is 105 cm³/mol. The van der Waals surface area contributed by atoms with Crippen LogP contribution in [-0.2, 0) is 0 Å². The lowest BCUT2D eigenvalue weighted by Gasteiger charge is -2.10. The quantitative estimate of drug-likeness (QED) is 0.691. The minimum Gasteiger partial charge on any atom is -0.505 e. The van der Waals surface area contributed by atoms with Gasteiger partial charge in [-0.15, -0.1) is 15.0 Å². The Bertz CT molecular complexity index is 1280. The van der Waals surface area contributed by atoms with Crippen molar-refractivity contribution in [2.24, 2.45) is 0 Å². The van der Waals surface area contributed by atoms with Crippen LogP contribution in [0.3, 0.4) is 0 Å². The zero-order valence-corrected chi connectivity index (χ0v) is 15.0. The molecule has 0 saturated carbocycles. The Kier molecular flexibility index (Phi) is 5.11. The number of benzene rings is 2. The van der Waals surface area contributed by atoms with Crippen molar-refractivity contribution in [3.05, 3.63) is 94.2 Å². The van der Waals surface area contributed by atoms with Crippen LogP contribution in [0.4, 0.5) is 0 Å². The fraction of sp³-hybridized carbons (Fsp3) is 0.0870. The molecule has 128 valence electrons. The molecule has 0 fully saturated rings. The van der Waals surface area contributed by atoms with Crippen LogP contribution in [0.15, 0.2) is 83.1 Å². The third-order valence-corrected chi connectivity index (χ3v) is 3.73. The lowest BCUT2D eigenvalue weighted by molar-refractivity contribution is 0.466. The summed E-state index contributed by atoms with van der Waals surface area (Å²) in [5.41, 5.74) is 22.6. The molecule has 0 amide bonds. The van der Waals surface area contributed by atoms with Crippen LogP contribution >= 0.6 is 0 Å². The Morgan fingerprint density at radius 2 is 1.63 bits per heavy atom. The maximum absolute atomic E-state index is 10.8. The molecule has 27 heavy (non-hydrogen) atoms. The molecular weight excluding hydrogens is 334 g/mol. The van der Waals surface area contributed by atoms with Crippen LogP contribution in [0, 0.1) is 6.92 Å². The molecule has 0 aliphatic rings. The molecular formula is C23H15N3O. The minimum absolute atomic E-state index is 0.0710. The molecule has 3 aromatic rings. The van der Waals surface area contributed by atoms with Gasteiger partial charge in [-0.3, -0.25) is 0 Å². The number of aromatic nitrogens is 3. The topological polar surface area (TPSA) is 50.9 Å². The minimum atomic E-state index is 0.0710. The zero-order chi connectivity index (χ0) is 19.2. The number of aromatic hydroxyl groups is 1. The van der Waals surface area contributed by atoms with E-state index in [1.807, 2.05) is 50.2 Å². The number of hydrogen-bond acceptors (Lipinski definition) is 3. The van der Waals surface area contributed by atoms with E-state index in [-0.39, 0.29) is 5.75 Å². The summed E-state index contributed by atoms with van der Waals surface area (Å²) >= 11 is 0. The average Bonchev–Trinajstić information content (AvgIpc) is 3.10. The molecule has 0 bridgehead atoms. The highest BCUT2D eigenvalue weighted by Gasteiger charge is 2.14. The third-order valence-electron chi connectivity index (χ3n) is 3.73. The van der Waals surface area contributed by atoms with E-state index in [1.54, 1.807) is 0 Å². The van der Waals surface area contributed by atoms with E-state index >= 15 is 0 Å². The summed E-state index contributed by atoms with van der Waals surface area (Å²) in [6, 6.07) is 11.2. The monoisotopic (exact) mass is 349 g/mol. The second-order valence-electron chi connectivity index (χ2n) is 5.71. The van der Waals surface area contributed by atoms with Crippen LogP contribution in [0.5, 0.6) is 5.75 Å². The molecule has 0 saturated heterocycles. The molecule has 0 aliphatic carbocycles. The van der Waals surface area contributed by atoms with Crippen LogP contribution in [0.1, 0.15) is 18.1 Å². The summed E-state index contributed by atoms with van der Waals surface area (Å²) in [5.74, 6) is 0.0710. The highest BCUT2D eigenvalue weighted by Crippen LogP contribution is 2.32. The van der Waals surface area contributed by atoms with Gasteiger partial charge >= 0.3 is 0 Å². The Balaban J connectivity index is 2.19. The molecule has 0 aliphatic heterocycles. The molecule has 1 heterocycles. The first kappa shape index (κ1) is 17.7. The first-order chi connectivity index (χ1) is 13.1. The van der Waals surface area contributed by atoms with Gasteiger partial charge in [0.2, 0.25) is 0 Å². The number of aryl methyl sites for hydroxylation is 1. The van der Waals surface area contributed by atoms with Crippen molar-refractivity contribution in [1.29, 1.82) is 0 Å². The van der Waals surface area contributed by atoms with Gasteiger partial charge < -0.3 is 5.11 Å². The van der Waals surface area contributed by atoms with Gasteiger partial charge in [0.05, 0.1) is 0 Å². The Morgan fingerprint density at radius 1 is 1.00 bits per heavy atom. The second-order valence-corrected chi connectivity index (χ2v) is 5.71. The van der Waals surface area contributed by atoms with Crippen LogP contribution in [-0.4, -0.2) is 20.1 Å². The van der Waals surface area contributed by atoms with E-state index < -0.39 is 0 Å². The summed E-state index contributed by atoms with van der Waals surface area (Å²) < 4.78 is 0. The highest BCUT2D eigenvalue weighted by molar-refractivity contribution is 5.75. The van der Waals surface area contributed by atoms with E-state index in [4.69, 9.17) is 0 Å². The molecule has 0 radical (unpaired) electrons. The normalized spacial score (nSPS) is 9.11. The van der Waals surface area contributed by atoms with E-state index in [2.05, 4.69) is 56.9 Å². The molecule has 0 spiro atoms. The van der Waals surface area contributed by atoms with Crippen molar-refractivity contribution in [2.45, 2.75) is 13.8 Å². The Morgan fingerprint density at radius 3 is 2.30 bits per heavy atom. The molecule has 4 nitrogen and oxygen atoms in total. The van der Waals surface area contributed by atoms with Crippen molar-refractivity contribution in [3.63, 3.8) is 0 Å². The number of rotatable bonds is 2. The van der Waals surface area contributed by atoms with Crippen molar-refractivity contribution in [1.82, 2.24) is 15.0 Å². The Hall–Kier alpha value is -4.16. The Labute approximate surface area is 156 Å². The first-order valence-electron chi connectivity index (χ1n) is 8.13. The summed E-state index contributed by atoms with van der Waals surface area (Å²) in [6.07, 6.45) is 0. The molecule has 0 atom stereocenters. The average molecular weight is 349 g/mol. The standard InChI is InChI=1S/C23H15N3O/c1-4-5-6-7-8-9-12-18(3)19-15-17(2)16-22(23(19)27)26-24-20-13-10-11-14-21(20)25-26/h10-11,13-16,27H,1H2,2-3H3. The summed E-state index contributed by atoms with van der Waals surface area (Å²) in [5, 5.41) is 19.7. The van der Waals surface area contributed by atoms with Gasteiger partial charge in [0, 0.05) is 11.1 Å².